The summed E-state index contributed by atoms with van der Waals surface area (Å²) in [5.74, 6) is -0.200. The average Bonchev–Trinajstić information content (AvgIpc) is 2.71. The fourth-order valence-electron chi connectivity index (χ4n) is 1.48. The van der Waals surface area contributed by atoms with E-state index in [4.69, 9.17) is 16.3 Å². The van der Waals surface area contributed by atoms with Gasteiger partial charge in [0, 0.05) is 11.6 Å². The van der Waals surface area contributed by atoms with Crippen molar-refractivity contribution in [1.82, 2.24) is 4.98 Å². The molecule has 0 unspecified atom stereocenters. The number of anilines is 1. The largest absolute Gasteiger partial charge is 0.466 e. The lowest BCUT2D eigenvalue weighted by atomic mass is 10.3. The van der Waals surface area contributed by atoms with E-state index >= 15 is 0 Å². The highest BCUT2D eigenvalue weighted by molar-refractivity contribution is 7.22. The van der Waals surface area contributed by atoms with Gasteiger partial charge < -0.3 is 10.1 Å². The van der Waals surface area contributed by atoms with Gasteiger partial charge in [-0.2, -0.15) is 0 Å². The van der Waals surface area contributed by atoms with Gasteiger partial charge in [0.1, 0.15) is 0 Å². The zero-order valence-electron chi connectivity index (χ0n) is 9.90. The summed E-state index contributed by atoms with van der Waals surface area (Å²) in [6, 6.07) is 5.60. The molecule has 4 nitrogen and oxygen atoms in total. The van der Waals surface area contributed by atoms with Gasteiger partial charge >= 0.3 is 5.97 Å². The van der Waals surface area contributed by atoms with Gasteiger partial charge in [-0.1, -0.05) is 22.9 Å². The molecule has 18 heavy (non-hydrogen) atoms. The lowest BCUT2D eigenvalue weighted by Gasteiger charge is -2.02. The maximum Gasteiger partial charge on any atom is 0.307 e. The zero-order chi connectivity index (χ0) is 13.0. The number of nitrogens with one attached hydrogen (secondary N) is 1. The fraction of sp³-hybridized carbons (Fsp3) is 0.333. The first-order valence-electron chi connectivity index (χ1n) is 5.64. The third kappa shape index (κ3) is 3.34. The number of benzene rings is 1. The lowest BCUT2D eigenvalue weighted by Crippen LogP contribution is -2.11. The van der Waals surface area contributed by atoms with Crippen molar-refractivity contribution in [2.75, 3.05) is 18.5 Å². The minimum Gasteiger partial charge on any atom is -0.466 e. The van der Waals surface area contributed by atoms with E-state index in [2.05, 4.69) is 10.3 Å². The van der Waals surface area contributed by atoms with Gasteiger partial charge in [0.15, 0.2) is 5.13 Å². The number of ether oxygens (including phenoxy) is 1. The van der Waals surface area contributed by atoms with Crippen LogP contribution in [0.5, 0.6) is 0 Å². The summed E-state index contributed by atoms with van der Waals surface area (Å²) in [7, 11) is 0. The monoisotopic (exact) mass is 284 g/mol. The Morgan fingerprint density at radius 3 is 3.17 bits per heavy atom. The van der Waals surface area contributed by atoms with Crippen LogP contribution < -0.4 is 5.32 Å². The summed E-state index contributed by atoms with van der Waals surface area (Å²) < 4.78 is 5.91. The molecule has 96 valence electrons. The van der Waals surface area contributed by atoms with E-state index in [-0.39, 0.29) is 5.97 Å². The van der Waals surface area contributed by atoms with Crippen LogP contribution in [0.1, 0.15) is 13.3 Å². The van der Waals surface area contributed by atoms with Gasteiger partial charge in [0.25, 0.3) is 0 Å². The quantitative estimate of drug-likeness (QED) is 0.856. The van der Waals surface area contributed by atoms with Crippen molar-refractivity contribution in [3.63, 3.8) is 0 Å². The normalized spacial score (nSPS) is 10.6. The van der Waals surface area contributed by atoms with Crippen molar-refractivity contribution >= 4 is 44.3 Å². The Labute approximate surface area is 114 Å². The maximum absolute atomic E-state index is 11.2. The van der Waals surface area contributed by atoms with Gasteiger partial charge in [-0.05, 0) is 25.1 Å². The number of nitrogens with zero attached hydrogens (tertiary/aromatic N) is 1. The first-order valence-corrected chi connectivity index (χ1v) is 6.84. The molecule has 0 aliphatic heterocycles. The fourth-order valence-corrected chi connectivity index (χ4v) is 2.52. The number of fused-ring (bicyclic) bond motifs is 1. The van der Waals surface area contributed by atoms with Crippen LogP contribution >= 0.6 is 22.9 Å². The molecule has 1 N–H and O–H groups in total. The average molecular weight is 285 g/mol. The van der Waals surface area contributed by atoms with Crippen molar-refractivity contribution in [3.8, 4) is 0 Å². The van der Waals surface area contributed by atoms with E-state index < -0.39 is 0 Å². The van der Waals surface area contributed by atoms with E-state index in [0.29, 0.717) is 24.6 Å². The molecule has 0 bridgehead atoms. The Balaban J connectivity index is 1.94. The molecule has 0 saturated heterocycles. The second-order valence-electron chi connectivity index (χ2n) is 3.61. The number of halogens is 1. The molecule has 0 spiro atoms. The molecular formula is C12H13ClN2O2S. The van der Waals surface area contributed by atoms with Gasteiger partial charge in [0.2, 0.25) is 0 Å². The van der Waals surface area contributed by atoms with Gasteiger partial charge in [-0.15, -0.1) is 0 Å². The molecule has 1 aromatic heterocycles. The van der Waals surface area contributed by atoms with E-state index in [1.165, 1.54) is 11.3 Å². The van der Waals surface area contributed by atoms with Crippen LogP contribution in [0.25, 0.3) is 10.2 Å². The van der Waals surface area contributed by atoms with Crippen LogP contribution in [0.4, 0.5) is 5.13 Å². The Morgan fingerprint density at radius 2 is 2.39 bits per heavy atom. The number of aromatic nitrogens is 1. The minimum atomic E-state index is -0.200. The summed E-state index contributed by atoms with van der Waals surface area (Å²) in [5, 5.41) is 4.57. The maximum atomic E-state index is 11.2. The van der Waals surface area contributed by atoms with Crippen molar-refractivity contribution in [2.45, 2.75) is 13.3 Å². The summed E-state index contributed by atoms with van der Waals surface area (Å²) in [6.45, 7) is 2.73. The molecule has 6 heteroatoms. The number of carbonyl (C=O) groups is 1. The smallest absolute Gasteiger partial charge is 0.307 e. The van der Waals surface area contributed by atoms with E-state index in [0.717, 1.165) is 15.3 Å². The predicted molar refractivity (Wildman–Crippen MR) is 74.4 cm³/mol. The van der Waals surface area contributed by atoms with Crippen LogP contribution in [0, 0.1) is 0 Å². The number of rotatable bonds is 5. The molecule has 0 aliphatic rings. The highest BCUT2D eigenvalue weighted by Crippen LogP contribution is 2.27. The Bertz CT molecular complexity index is 556. The standard InChI is InChI=1S/C12H13ClN2O2S/c1-2-17-11(16)5-6-14-12-15-9-7-8(13)3-4-10(9)18-12/h3-4,7H,2,5-6H2,1H3,(H,14,15). The third-order valence-electron chi connectivity index (χ3n) is 2.26. The van der Waals surface area contributed by atoms with Gasteiger partial charge in [-0.25, -0.2) is 4.98 Å². The second kappa shape index (κ2) is 6.02. The topological polar surface area (TPSA) is 51.2 Å². The molecule has 0 amide bonds. The van der Waals surface area contributed by atoms with E-state index in [9.17, 15) is 4.79 Å². The number of hydrogen-bond acceptors (Lipinski definition) is 5. The van der Waals surface area contributed by atoms with Crippen LogP contribution in [-0.4, -0.2) is 24.1 Å². The Kier molecular flexibility index (Phi) is 4.38. The number of hydrogen-bond donors (Lipinski definition) is 1. The molecule has 2 aromatic rings. The van der Waals surface area contributed by atoms with Gasteiger partial charge in [0.05, 0.1) is 23.2 Å². The Morgan fingerprint density at radius 1 is 1.56 bits per heavy atom. The summed E-state index contributed by atoms with van der Waals surface area (Å²) in [6.07, 6.45) is 0.338. The van der Waals surface area contributed by atoms with Crippen LogP contribution in [0.15, 0.2) is 18.2 Å². The van der Waals surface area contributed by atoms with Crippen LogP contribution in [0.2, 0.25) is 5.02 Å². The number of esters is 1. The van der Waals surface area contributed by atoms with Gasteiger partial charge in [-0.3, -0.25) is 4.79 Å². The summed E-state index contributed by atoms with van der Waals surface area (Å²) in [5.41, 5.74) is 0.867. The SMILES string of the molecule is CCOC(=O)CCNc1nc2cc(Cl)ccc2s1. The van der Waals surface area contributed by atoms with Crippen molar-refractivity contribution in [2.24, 2.45) is 0 Å². The molecular weight excluding hydrogens is 272 g/mol. The number of carbonyl (C=O) groups excluding carboxylic acids is 1. The van der Waals surface area contributed by atoms with Crippen molar-refractivity contribution < 1.29 is 9.53 Å². The first-order chi connectivity index (χ1) is 8.69. The third-order valence-corrected chi connectivity index (χ3v) is 3.49. The Hall–Kier alpha value is -1.33. The second-order valence-corrected chi connectivity index (χ2v) is 5.08. The van der Waals surface area contributed by atoms with Crippen molar-refractivity contribution in [1.29, 1.82) is 0 Å². The molecule has 0 saturated carbocycles. The molecule has 2 rings (SSSR count). The van der Waals surface area contributed by atoms with E-state index in [1.54, 1.807) is 6.92 Å². The number of thiazole rings is 1. The molecule has 0 fully saturated rings. The molecule has 1 heterocycles. The zero-order valence-corrected chi connectivity index (χ0v) is 11.5. The highest BCUT2D eigenvalue weighted by atomic mass is 35.5. The highest BCUT2D eigenvalue weighted by Gasteiger charge is 2.05. The molecule has 0 radical (unpaired) electrons. The lowest BCUT2D eigenvalue weighted by molar-refractivity contribution is -0.142. The van der Waals surface area contributed by atoms with Crippen molar-refractivity contribution in [3.05, 3.63) is 23.2 Å². The summed E-state index contributed by atoms with van der Waals surface area (Å²) in [4.78, 5) is 15.5. The van der Waals surface area contributed by atoms with E-state index in [1.807, 2.05) is 18.2 Å². The minimum absolute atomic E-state index is 0.200. The molecule has 0 atom stereocenters. The molecule has 1 aromatic carbocycles. The van der Waals surface area contributed by atoms with Crippen LogP contribution in [-0.2, 0) is 9.53 Å². The first kappa shape index (κ1) is 13.1. The predicted octanol–water partition coefficient (Wildman–Crippen LogP) is 3.31. The molecule has 0 aliphatic carbocycles. The van der Waals surface area contributed by atoms with Crippen LogP contribution in [0.3, 0.4) is 0 Å². The summed E-state index contributed by atoms with van der Waals surface area (Å²) >= 11 is 7.43.